The first kappa shape index (κ1) is 30.4. The zero-order valence-electron chi connectivity index (χ0n) is 23.8. The Labute approximate surface area is 269 Å². The molecule has 1 atom stereocenters. The molecule has 3 heteroatoms. The second-order valence-corrected chi connectivity index (χ2v) is 16.6. The molecule has 0 fully saturated rings. The summed E-state index contributed by atoms with van der Waals surface area (Å²) in [4.78, 5) is 0. The van der Waals surface area contributed by atoms with Crippen LogP contribution in [0.3, 0.4) is 0 Å². The van der Waals surface area contributed by atoms with E-state index in [0.29, 0.717) is 5.92 Å². The van der Waals surface area contributed by atoms with E-state index in [1.165, 1.54) is 44.5 Å². The number of halogens is 2. The normalized spacial score (nSPS) is 14.5. The maximum atomic E-state index is 2.53. The van der Waals surface area contributed by atoms with Gasteiger partial charge < -0.3 is 24.8 Å². The zero-order valence-corrected chi connectivity index (χ0v) is 27.8. The maximum Gasteiger partial charge on any atom is -1.00 e. The van der Waals surface area contributed by atoms with Crippen molar-refractivity contribution in [3.63, 3.8) is 0 Å². The fourth-order valence-corrected chi connectivity index (χ4v) is 15.6. The van der Waals surface area contributed by atoms with Crippen molar-refractivity contribution in [3.8, 4) is 11.1 Å². The summed E-state index contributed by atoms with van der Waals surface area (Å²) in [6.45, 7) is 4.82. The van der Waals surface area contributed by atoms with Crippen LogP contribution in [0.1, 0.15) is 41.7 Å². The molecule has 5 aromatic carbocycles. The molecular formula is C39H32Cl2Zr. The fraction of sp³-hybridized carbons (Fsp3) is 0.103. The third kappa shape index (κ3) is 5.40. The van der Waals surface area contributed by atoms with E-state index in [4.69, 9.17) is 0 Å². The molecule has 2 aliphatic carbocycles. The van der Waals surface area contributed by atoms with E-state index in [-0.39, 0.29) is 24.8 Å². The van der Waals surface area contributed by atoms with Gasteiger partial charge in [-0.25, -0.2) is 0 Å². The number of benzene rings is 5. The summed E-state index contributed by atoms with van der Waals surface area (Å²) in [5.74, 6) is 0.409. The van der Waals surface area contributed by atoms with Gasteiger partial charge in [0.2, 0.25) is 0 Å². The van der Waals surface area contributed by atoms with Crippen molar-refractivity contribution in [2.24, 2.45) is 5.92 Å². The minimum Gasteiger partial charge on any atom is -1.00 e. The van der Waals surface area contributed by atoms with Gasteiger partial charge in [-0.05, 0) is 0 Å². The molecule has 0 saturated carbocycles. The van der Waals surface area contributed by atoms with Gasteiger partial charge >= 0.3 is 247 Å². The molecule has 0 nitrogen and oxygen atoms in total. The second-order valence-electron chi connectivity index (χ2n) is 10.9. The Morgan fingerprint density at radius 2 is 1.17 bits per heavy atom. The van der Waals surface area contributed by atoms with Crippen LogP contribution in [0.25, 0.3) is 16.7 Å². The number of rotatable bonds is 5. The molecule has 1 unspecified atom stereocenters. The summed E-state index contributed by atoms with van der Waals surface area (Å²) in [6.07, 6.45) is 3.56. The smallest absolute Gasteiger partial charge is 1.00 e. The van der Waals surface area contributed by atoms with Crippen LogP contribution < -0.4 is 28.1 Å². The topological polar surface area (TPSA) is 0 Å². The summed E-state index contributed by atoms with van der Waals surface area (Å²) in [7, 11) is 0. The number of hydrogen-bond donors (Lipinski definition) is 0. The van der Waals surface area contributed by atoms with Crippen LogP contribution in [0, 0.1) is 5.92 Å². The SMILES string of the molecule is CC1=[C]([Zr+2](=[C](c2ccccc2)c2ccccc2)[c]2cccc3c2Cc2ccccc2-3)C(C)C=C1c1ccccc1.[Cl-].[Cl-]. The van der Waals surface area contributed by atoms with Crippen LogP contribution in [0.4, 0.5) is 0 Å². The Hall–Kier alpha value is -3.09. The molecule has 0 N–H and O–H groups in total. The van der Waals surface area contributed by atoms with Crippen LogP contribution in [-0.4, -0.2) is 3.21 Å². The molecular weight excluding hydrogens is 631 g/mol. The van der Waals surface area contributed by atoms with Gasteiger partial charge in [-0.15, -0.1) is 0 Å². The second kappa shape index (κ2) is 13.1. The van der Waals surface area contributed by atoms with E-state index >= 15 is 0 Å². The van der Waals surface area contributed by atoms with Crippen LogP contribution in [0.15, 0.2) is 148 Å². The maximum absolute atomic E-state index is 2.77. The molecule has 0 spiro atoms. The summed E-state index contributed by atoms with van der Waals surface area (Å²) < 4.78 is 4.91. The molecule has 0 heterocycles. The number of allylic oxidation sites excluding steroid dienone is 4. The molecule has 0 bridgehead atoms. The molecule has 42 heavy (non-hydrogen) atoms. The third-order valence-electron chi connectivity index (χ3n) is 8.53. The number of hydrogen-bond acceptors (Lipinski definition) is 0. The van der Waals surface area contributed by atoms with Crippen LogP contribution in [0.5, 0.6) is 0 Å². The van der Waals surface area contributed by atoms with Crippen LogP contribution >= 0.6 is 0 Å². The van der Waals surface area contributed by atoms with Crippen molar-refractivity contribution in [3.05, 3.63) is 176 Å². The molecule has 206 valence electrons. The monoisotopic (exact) mass is 660 g/mol. The Morgan fingerprint density at radius 1 is 0.619 bits per heavy atom. The Kier molecular flexibility index (Phi) is 9.44. The third-order valence-corrected chi connectivity index (χ3v) is 17.0. The van der Waals surface area contributed by atoms with E-state index in [2.05, 4.69) is 153 Å². The first-order valence-electron chi connectivity index (χ1n) is 14.2. The predicted octanol–water partition coefficient (Wildman–Crippen LogP) is 2.79. The summed E-state index contributed by atoms with van der Waals surface area (Å²) in [6, 6.07) is 49.6. The molecule has 0 saturated heterocycles. The molecule has 0 aromatic heterocycles. The van der Waals surface area contributed by atoms with E-state index in [0.717, 1.165) is 6.42 Å². The summed E-state index contributed by atoms with van der Waals surface area (Å²) in [5, 5.41) is 0. The van der Waals surface area contributed by atoms with Gasteiger partial charge in [0.25, 0.3) is 0 Å². The molecule has 0 amide bonds. The standard InChI is InChI=1S/C13H9.C13H13.C13H10.2ClH.Zr/c1-3-7-12-10(5-1)9-11-6-2-4-8-13(11)12;1-10-8-11(2)13(9-10)12-6-4-3-5-7-12;1-3-7-12(8-4-1)11-13-9-5-2-6-10-13;;;/h1-5,7-8H,9H2;3-7,9-10H,1-2H3;1-10H;2*1H;/q;;;;;+2/p-2. The molecule has 0 radical (unpaired) electrons. The zero-order chi connectivity index (χ0) is 27.1. The van der Waals surface area contributed by atoms with E-state index in [1.807, 2.05) is 0 Å². The first-order valence-corrected chi connectivity index (χ1v) is 17.9. The number of fused-ring (bicyclic) bond motifs is 3. The van der Waals surface area contributed by atoms with E-state index in [1.54, 1.807) is 15.3 Å². The van der Waals surface area contributed by atoms with Gasteiger partial charge in [0.15, 0.2) is 0 Å². The van der Waals surface area contributed by atoms with Gasteiger partial charge in [-0.2, -0.15) is 0 Å². The fourth-order valence-electron chi connectivity index (χ4n) is 6.76. The molecule has 0 aliphatic heterocycles. The molecule has 2 aliphatic rings. The van der Waals surface area contributed by atoms with Crippen molar-refractivity contribution < 1.29 is 46.1 Å². The van der Waals surface area contributed by atoms with Gasteiger partial charge in [0.1, 0.15) is 0 Å². The van der Waals surface area contributed by atoms with E-state index < -0.39 is 21.3 Å². The minimum absolute atomic E-state index is 0. The molecule has 5 aromatic rings. The van der Waals surface area contributed by atoms with Crippen LogP contribution in [-0.2, 0) is 27.7 Å². The minimum atomic E-state index is -2.77. The van der Waals surface area contributed by atoms with Gasteiger partial charge in [0, 0.05) is 0 Å². The summed E-state index contributed by atoms with van der Waals surface area (Å²) >= 11 is -2.77. The van der Waals surface area contributed by atoms with Gasteiger partial charge in [-0.3, -0.25) is 0 Å². The van der Waals surface area contributed by atoms with Gasteiger partial charge in [-0.1, -0.05) is 0 Å². The predicted molar refractivity (Wildman–Crippen MR) is 167 cm³/mol. The van der Waals surface area contributed by atoms with E-state index in [9.17, 15) is 0 Å². The van der Waals surface area contributed by atoms with Crippen molar-refractivity contribution in [2.45, 2.75) is 20.3 Å². The Balaban J connectivity index is 0.00000176. The Bertz CT molecular complexity index is 1780. The van der Waals surface area contributed by atoms with Crippen molar-refractivity contribution in [1.29, 1.82) is 0 Å². The molecule has 7 rings (SSSR count). The van der Waals surface area contributed by atoms with Gasteiger partial charge in [0.05, 0.1) is 0 Å². The Morgan fingerprint density at radius 3 is 1.81 bits per heavy atom. The summed E-state index contributed by atoms with van der Waals surface area (Å²) in [5.41, 5.74) is 12.8. The van der Waals surface area contributed by atoms with Crippen LogP contribution in [0.2, 0.25) is 0 Å². The quantitative estimate of drug-likeness (QED) is 0.267. The average Bonchev–Trinajstić information content (AvgIpc) is 3.54. The average molecular weight is 663 g/mol. The van der Waals surface area contributed by atoms with Crippen molar-refractivity contribution in [2.75, 3.05) is 0 Å². The van der Waals surface area contributed by atoms with Crippen molar-refractivity contribution in [1.82, 2.24) is 0 Å². The van der Waals surface area contributed by atoms with Crippen molar-refractivity contribution >= 4 is 12.1 Å². The largest absolute Gasteiger partial charge is 1.00 e. The first-order chi connectivity index (χ1) is 19.7.